The second kappa shape index (κ2) is 4.07. The fourth-order valence-corrected chi connectivity index (χ4v) is 2.91. The fraction of sp³-hybridized carbons (Fsp3) is 0.357. The molecular weight excluding hydrogens is 233 g/mol. The lowest BCUT2D eigenvalue weighted by Crippen LogP contribution is -2.21. The van der Waals surface area contributed by atoms with Crippen LogP contribution in [0.5, 0.6) is 0 Å². The second-order valence-corrected chi connectivity index (χ2v) is 4.70. The van der Waals surface area contributed by atoms with Crippen LogP contribution in [0.4, 0.5) is 4.39 Å². The van der Waals surface area contributed by atoms with Gasteiger partial charge in [0, 0.05) is 5.39 Å². The molecule has 1 aliphatic carbocycles. The van der Waals surface area contributed by atoms with Crippen molar-refractivity contribution in [3.8, 4) is 0 Å². The van der Waals surface area contributed by atoms with E-state index in [4.69, 9.17) is 4.42 Å². The summed E-state index contributed by atoms with van der Waals surface area (Å²) in [4.78, 5) is 14.6. The molecule has 3 nitrogen and oxygen atoms in total. The summed E-state index contributed by atoms with van der Waals surface area (Å²) in [7, 11) is 0. The Balaban J connectivity index is 2.32. The lowest BCUT2D eigenvalue weighted by atomic mass is 9.87. The Morgan fingerprint density at radius 2 is 2.06 bits per heavy atom. The number of hydrogen-bond donors (Lipinski definition) is 0. The predicted molar refractivity (Wildman–Crippen MR) is 64.4 cm³/mol. The van der Waals surface area contributed by atoms with Gasteiger partial charge in [-0.15, -0.1) is 0 Å². The van der Waals surface area contributed by atoms with Crippen molar-refractivity contribution >= 4 is 17.0 Å². The summed E-state index contributed by atoms with van der Waals surface area (Å²) in [6.07, 6.45) is 6.32. The number of aliphatic imine (C=N–C) groups is 1. The number of isocyanates is 1. The van der Waals surface area contributed by atoms with Gasteiger partial charge in [-0.25, -0.2) is 9.18 Å². The first-order chi connectivity index (χ1) is 8.77. The summed E-state index contributed by atoms with van der Waals surface area (Å²) in [5.74, 6) is -0.363. The highest BCUT2D eigenvalue weighted by Gasteiger charge is 2.40. The highest BCUT2D eigenvalue weighted by Crippen LogP contribution is 2.45. The van der Waals surface area contributed by atoms with E-state index in [2.05, 4.69) is 4.99 Å². The largest absolute Gasteiger partial charge is 0.464 e. The highest BCUT2D eigenvalue weighted by molar-refractivity contribution is 5.81. The van der Waals surface area contributed by atoms with Crippen molar-refractivity contribution in [2.24, 2.45) is 4.99 Å². The molecule has 1 aromatic carbocycles. The third-order valence-corrected chi connectivity index (χ3v) is 3.73. The molecule has 0 atom stereocenters. The zero-order chi connectivity index (χ0) is 12.6. The first-order valence-electron chi connectivity index (χ1n) is 6.02. The number of rotatable bonds is 2. The molecule has 92 valence electrons. The molecule has 3 rings (SSSR count). The monoisotopic (exact) mass is 245 g/mol. The Morgan fingerprint density at radius 1 is 1.28 bits per heavy atom. The van der Waals surface area contributed by atoms with Gasteiger partial charge < -0.3 is 4.42 Å². The highest BCUT2D eigenvalue weighted by atomic mass is 19.1. The van der Waals surface area contributed by atoms with Crippen molar-refractivity contribution in [3.05, 3.63) is 35.8 Å². The molecule has 18 heavy (non-hydrogen) atoms. The van der Waals surface area contributed by atoms with Gasteiger partial charge >= 0.3 is 0 Å². The molecule has 0 bridgehead atoms. The maximum absolute atomic E-state index is 14.2. The van der Waals surface area contributed by atoms with E-state index in [-0.39, 0.29) is 5.82 Å². The molecule has 1 aliphatic rings. The van der Waals surface area contributed by atoms with E-state index in [1.165, 1.54) is 12.3 Å². The van der Waals surface area contributed by atoms with Crippen molar-refractivity contribution in [1.29, 1.82) is 0 Å². The van der Waals surface area contributed by atoms with Crippen LogP contribution in [-0.2, 0) is 10.3 Å². The minimum Gasteiger partial charge on any atom is -0.464 e. The standard InChI is InChI=1S/C14H12FNO2/c15-11-4-3-10-5-8-18-13(10)12(11)14(16-9-17)6-1-2-7-14/h3-5,8H,1-2,6-7H2. The van der Waals surface area contributed by atoms with E-state index < -0.39 is 5.54 Å². The number of benzene rings is 1. The van der Waals surface area contributed by atoms with Gasteiger partial charge in [-0.2, -0.15) is 4.99 Å². The lowest BCUT2D eigenvalue weighted by molar-refractivity contribution is 0.426. The van der Waals surface area contributed by atoms with Crippen molar-refractivity contribution in [2.75, 3.05) is 0 Å². The molecule has 0 radical (unpaired) electrons. The summed E-state index contributed by atoms with van der Waals surface area (Å²) in [6, 6.07) is 4.87. The first kappa shape index (κ1) is 11.2. The van der Waals surface area contributed by atoms with Gasteiger partial charge in [-0.3, -0.25) is 0 Å². The molecular formula is C14H12FNO2. The molecule has 0 saturated heterocycles. The molecule has 0 amide bonds. The SMILES string of the molecule is O=C=NC1(c2c(F)ccc3ccoc23)CCCC1. The topological polar surface area (TPSA) is 42.6 Å². The Bertz CT molecular complexity index is 634. The Labute approximate surface area is 103 Å². The van der Waals surface area contributed by atoms with Crippen LogP contribution in [0, 0.1) is 5.82 Å². The Kier molecular flexibility index (Phi) is 2.53. The second-order valence-electron chi connectivity index (χ2n) is 4.70. The normalized spacial score (nSPS) is 17.8. The number of halogens is 1. The van der Waals surface area contributed by atoms with Crippen LogP contribution in [0.1, 0.15) is 31.2 Å². The smallest absolute Gasteiger partial charge is 0.235 e. The molecule has 4 heteroatoms. The molecule has 0 N–H and O–H groups in total. The van der Waals surface area contributed by atoms with Crippen LogP contribution in [0.3, 0.4) is 0 Å². The molecule has 1 aromatic heterocycles. The molecule has 0 spiro atoms. The fourth-order valence-electron chi connectivity index (χ4n) is 2.91. The molecule has 0 aliphatic heterocycles. The third kappa shape index (κ3) is 1.50. The van der Waals surface area contributed by atoms with Crippen LogP contribution in [0.15, 0.2) is 33.9 Å². The number of furan rings is 1. The van der Waals surface area contributed by atoms with Crippen LogP contribution < -0.4 is 0 Å². The lowest BCUT2D eigenvalue weighted by Gasteiger charge is -2.23. The summed E-state index contributed by atoms with van der Waals surface area (Å²) in [5.41, 5.74) is 0.116. The van der Waals surface area contributed by atoms with Crippen LogP contribution in [0.2, 0.25) is 0 Å². The molecule has 0 unspecified atom stereocenters. The number of carbonyl (C=O) groups excluding carboxylic acids is 1. The van der Waals surface area contributed by atoms with Crippen LogP contribution in [-0.4, -0.2) is 6.08 Å². The van der Waals surface area contributed by atoms with E-state index in [0.717, 1.165) is 18.2 Å². The quantitative estimate of drug-likeness (QED) is 0.598. The number of fused-ring (bicyclic) bond motifs is 1. The average molecular weight is 245 g/mol. The summed E-state index contributed by atoms with van der Waals surface area (Å²) in [5, 5.41) is 0.832. The zero-order valence-corrected chi connectivity index (χ0v) is 9.78. The van der Waals surface area contributed by atoms with Gasteiger partial charge in [0.05, 0.1) is 11.8 Å². The van der Waals surface area contributed by atoms with Gasteiger partial charge in [0.15, 0.2) is 0 Å². The van der Waals surface area contributed by atoms with Crippen molar-refractivity contribution in [2.45, 2.75) is 31.2 Å². The van der Waals surface area contributed by atoms with Gasteiger partial charge in [0.2, 0.25) is 6.08 Å². The van der Waals surface area contributed by atoms with E-state index in [1.54, 1.807) is 18.2 Å². The average Bonchev–Trinajstić information content (AvgIpc) is 2.98. The Morgan fingerprint density at radius 3 is 2.78 bits per heavy atom. The maximum atomic E-state index is 14.2. The number of hydrogen-bond acceptors (Lipinski definition) is 3. The van der Waals surface area contributed by atoms with Crippen molar-refractivity contribution in [3.63, 3.8) is 0 Å². The Hall–Kier alpha value is -1.93. The van der Waals surface area contributed by atoms with E-state index in [0.29, 0.717) is 24.0 Å². The van der Waals surface area contributed by atoms with Gasteiger partial charge in [0.1, 0.15) is 16.9 Å². The van der Waals surface area contributed by atoms with E-state index in [9.17, 15) is 9.18 Å². The molecule has 1 fully saturated rings. The number of nitrogens with zero attached hydrogens (tertiary/aromatic N) is 1. The third-order valence-electron chi connectivity index (χ3n) is 3.73. The van der Waals surface area contributed by atoms with Gasteiger partial charge in [-0.1, -0.05) is 12.8 Å². The molecule has 1 saturated carbocycles. The summed E-state index contributed by atoms with van der Waals surface area (Å²) < 4.78 is 19.6. The van der Waals surface area contributed by atoms with E-state index in [1.807, 2.05) is 0 Å². The van der Waals surface area contributed by atoms with Gasteiger partial charge in [0.25, 0.3) is 0 Å². The zero-order valence-electron chi connectivity index (χ0n) is 9.78. The van der Waals surface area contributed by atoms with Crippen LogP contribution >= 0.6 is 0 Å². The van der Waals surface area contributed by atoms with Crippen molar-refractivity contribution in [1.82, 2.24) is 0 Å². The minimum absolute atomic E-state index is 0.363. The minimum atomic E-state index is -0.788. The maximum Gasteiger partial charge on any atom is 0.235 e. The van der Waals surface area contributed by atoms with Crippen molar-refractivity contribution < 1.29 is 13.6 Å². The van der Waals surface area contributed by atoms with E-state index >= 15 is 0 Å². The van der Waals surface area contributed by atoms with Crippen LogP contribution in [0.25, 0.3) is 11.0 Å². The summed E-state index contributed by atoms with van der Waals surface area (Å²) in [6.45, 7) is 0. The van der Waals surface area contributed by atoms with Gasteiger partial charge in [-0.05, 0) is 31.0 Å². The molecule has 1 heterocycles. The predicted octanol–water partition coefficient (Wildman–Crippen LogP) is 3.68. The first-order valence-corrected chi connectivity index (χ1v) is 6.02. The molecule has 2 aromatic rings. The summed E-state index contributed by atoms with van der Waals surface area (Å²) >= 11 is 0.